The van der Waals surface area contributed by atoms with Gasteiger partial charge in [-0.3, -0.25) is 0 Å². The van der Waals surface area contributed by atoms with E-state index >= 15 is 0 Å². The summed E-state index contributed by atoms with van der Waals surface area (Å²) in [5.74, 6) is 0. The fraction of sp³-hybridized carbons (Fsp3) is 0.562. The first-order valence-electron chi connectivity index (χ1n) is 6.93. The number of rotatable bonds is 2. The zero-order chi connectivity index (χ0) is 14.0. The van der Waals surface area contributed by atoms with E-state index in [9.17, 15) is 0 Å². The molecule has 1 unspecified atom stereocenters. The minimum Gasteiger partial charge on any atom is -0.365 e. The van der Waals surface area contributed by atoms with E-state index in [2.05, 4.69) is 55.8 Å². The van der Waals surface area contributed by atoms with E-state index in [1.54, 1.807) is 0 Å². The van der Waals surface area contributed by atoms with Crippen molar-refractivity contribution in [1.82, 2.24) is 4.90 Å². The van der Waals surface area contributed by atoms with Crippen molar-refractivity contribution in [2.75, 3.05) is 31.6 Å². The first-order valence-corrected chi connectivity index (χ1v) is 6.93. The smallest absolute Gasteiger partial charge is 0.0643 e. The first-order chi connectivity index (χ1) is 9.02. The molecule has 1 fully saturated rings. The molecule has 3 heteroatoms. The van der Waals surface area contributed by atoms with Gasteiger partial charge in [0.1, 0.15) is 0 Å². The molecule has 0 spiro atoms. The molecule has 1 aliphatic heterocycles. The number of piperazine rings is 1. The van der Waals surface area contributed by atoms with Crippen LogP contribution in [-0.2, 0) is 0 Å². The number of aryl methyl sites for hydroxylation is 3. The SMILES string of the molecule is Cc1cc(C)c(N2CCN(C)CC2CC#N)c(C)c1. The van der Waals surface area contributed by atoms with E-state index in [1.807, 2.05) is 0 Å². The molecule has 1 atom stereocenters. The maximum atomic E-state index is 9.06. The van der Waals surface area contributed by atoms with Gasteiger partial charge in [-0.25, -0.2) is 0 Å². The number of hydrogen-bond acceptors (Lipinski definition) is 3. The van der Waals surface area contributed by atoms with Gasteiger partial charge in [-0.05, 0) is 38.9 Å². The number of nitriles is 1. The molecule has 3 nitrogen and oxygen atoms in total. The van der Waals surface area contributed by atoms with Gasteiger partial charge in [-0.2, -0.15) is 5.26 Å². The van der Waals surface area contributed by atoms with Crippen molar-refractivity contribution < 1.29 is 0 Å². The van der Waals surface area contributed by atoms with Gasteiger partial charge in [0.2, 0.25) is 0 Å². The van der Waals surface area contributed by atoms with Crippen LogP contribution in [0.5, 0.6) is 0 Å². The van der Waals surface area contributed by atoms with Crippen LogP contribution >= 0.6 is 0 Å². The summed E-state index contributed by atoms with van der Waals surface area (Å²) in [4.78, 5) is 4.75. The maximum Gasteiger partial charge on any atom is 0.0643 e. The van der Waals surface area contributed by atoms with E-state index in [4.69, 9.17) is 5.26 Å². The summed E-state index contributed by atoms with van der Waals surface area (Å²) >= 11 is 0. The highest BCUT2D eigenvalue weighted by Gasteiger charge is 2.27. The van der Waals surface area contributed by atoms with E-state index in [0.717, 1.165) is 19.6 Å². The highest BCUT2D eigenvalue weighted by atomic mass is 15.3. The Balaban J connectivity index is 2.36. The van der Waals surface area contributed by atoms with Crippen molar-refractivity contribution in [2.45, 2.75) is 33.2 Å². The summed E-state index contributed by atoms with van der Waals surface area (Å²) in [7, 11) is 2.14. The monoisotopic (exact) mass is 257 g/mol. The van der Waals surface area contributed by atoms with Crippen molar-refractivity contribution in [2.24, 2.45) is 0 Å². The Hall–Kier alpha value is -1.53. The summed E-state index contributed by atoms with van der Waals surface area (Å²) in [5, 5.41) is 9.06. The number of nitrogens with zero attached hydrogens (tertiary/aromatic N) is 3. The molecule has 19 heavy (non-hydrogen) atoms. The molecular formula is C16H23N3. The molecule has 0 N–H and O–H groups in total. The lowest BCUT2D eigenvalue weighted by Crippen LogP contribution is -2.52. The van der Waals surface area contributed by atoms with Crippen LogP contribution in [0.25, 0.3) is 0 Å². The van der Waals surface area contributed by atoms with Gasteiger partial charge in [0.25, 0.3) is 0 Å². The predicted octanol–water partition coefficient (Wildman–Crippen LogP) is 2.65. The quantitative estimate of drug-likeness (QED) is 0.816. The summed E-state index contributed by atoms with van der Waals surface area (Å²) in [6.45, 7) is 9.54. The van der Waals surface area contributed by atoms with E-state index in [-0.39, 0.29) is 0 Å². The number of likely N-dealkylation sites (N-methyl/N-ethyl adjacent to an activating group) is 1. The minimum absolute atomic E-state index is 0.309. The van der Waals surface area contributed by atoms with Crippen LogP contribution in [0.1, 0.15) is 23.1 Å². The van der Waals surface area contributed by atoms with Gasteiger partial charge < -0.3 is 9.80 Å². The molecule has 1 aromatic carbocycles. The molecule has 0 aromatic heterocycles. The second kappa shape index (κ2) is 5.63. The molecule has 0 amide bonds. The summed E-state index contributed by atoms with van der Waals surface area (Å²) in [6, 6.07) is 7.13. The molecule has 1 saturated heterocycles. The zero-order valence-corrected chi connectivity index (χ0v) is 12.4. The van der Waals surface area contributed by atoms with E-state index in [1.165, 1.54) is 22.4 Å². The topological polar surface area (TPSA) is 30.3 Å². The fourth-order valence-electron chi connectivity index (χ4n) is 3.21. The average Bonchev–Trinajstić information content (AvgIpc) is 2.31. The lowest BCUT2D eigenvalue weighted by molar-refractivity contribution is 0.268. The van der Waals surface area contributed by atoms with Crippen molar-refractivity contribution in [3.63, 3.8) is 0 Å². The molecule has 2 rings (SSSR count). The Bertz CT molecular complexity index is 478. The highest BCUT2D eigenvalue weighted by molar-refractivity contribution is 5.61. The number of benzene rings is 1. The van der Waals surface area contributed by atoms with Crippen LogP contribution < -0.4 is 4.90 Å². The second-order valence-electron chi connectivity index (χ2n) is 5.72. The Labute approximate surface area is 116 Å². The normalized spacial score (nSPS) is 20.4. The molecule has 0 aliphatic carbocycles. The molecular weight excluding hydrogens is 234 g/mol. The third-order valence-electron chi connectivity index (χ3n) is 3.94. The van der Waals surface area contributed by atoms with Crippen molar-refractivity contribution >= 4 is 5.69 Å². The van der Waals surface area contributed by atoms with Crippen molar-refractivity contribution in [1.29, 1.82) is 5.26 Å². The second-order valence-corrected chi connectivity index (χ2v) is 5.72. The molecule has 1 heterocycles. The number of hydrogen-bond donors (Lipinski definition) is 0. The molecule has 0 radical (unpaired) electrons. The van der Waals surface area contributed by atoms with Gasteiger partial charge in [-0.1, -0.05) is 17.7 Å². The van der Waals surface area contributed by atoms with Crippen LogP contribution in [0.15, 0.2) is 12.1 Å². The molecule has 0 bridgehead atoms. The lowest BCUT2D eigenvalue weighted by Gasteiger charge is -2.42. The highest BCUT2D eigenvalue weighted by Crippen LogP contribution is 2.30. The van der Waals surface area contributed by atoms with Crippen LogP contribution in [0.4, 0.5) is 5.69 Å². The first kappa shape index (κ1) is 13.9. The molecule has 0 saturated carbocycles. The Morgan fingerprint density at radius 2 is 1.84 bits per heavy atom. The van der Waals surface area contributed by atoms with E-state index in [0.29, 0.717) is 12.5 Å². The van der Waals surface area contributed by atoms with E-state index < -0.39 is 0 Å². The third kappa shape index (κ3) is 2.90. The van der Waals surface area contributed by atoms with Crippen LogP contribution in [0, 0.1) is 32.1 Å². The van der Waals surface area contributed by atoms with Gasteiger partial charge >= 0.3 is 0 Å². The summed E-state index contributed by atoms with van der Waals surface area (Å²) in [6.07, 6.45) is 0.594. The largest absolute Gasteiger partial charge is 0.365 e. The summed E-state index contributed by atoms with van der Waals surface area (Å²) in [5.41, 5.74) is 5.29. The van der Waals surface area contributed by atoms with Crippen molar-refractivity contribution in [3.8, 4) is 6.07 Å². The van der Waals surface area contributed by atoms with Gasteiger partial charge in [0, 0.05) is 25.3 Å². The van der Waals surface area contributed by atoms with Crippen molar-refractivity contribution in [3.05, 3.63) is 28.8 Å². The Morgan fingerprint density at radius 3 is 2.42 bits per heavy atom. The van der Waals surface area contributed by atoms with Crippen LogP contribution in [0.3, 0.4) is 0 Å². The standard InChI is InChI=1S/C16H23N3/c1-12-9-13(2)16(14(3)10-12)19-8-7-18(4)11-15(19)5-6-17/h9-10,15H,5,7-8,11H2,1-4H3. The third-order valence-corrected chi connectivity index (χ3v) is 3.94. The van der Waals surface area contributed by atoms with Crippen LogP contribution in [0.2, 0.25) is 0 Å². The molecule has 102 valence electrons. The maximum absolute atomic E-state index is 9.06. The van der Waals surface area contributed by atoms with Gasteiger partial charge in [0.15, 0.2) is 0 Å². The lowest BCUT2D eigenvalue weighted by atomic mass is 10.0. The predicted molar refractivity (Wildman–Crippen MR) is 79.5 cm³/mol. The molecule has 1 aliphatic rings. The van der Waals surface area contributed by atoms with Gasteiger partial charge in [-0.15, -0.1) is 0 Å². The Morgan fingerprint density at radius 1 is 1.21 bits per heavy atom. The fourth-order valence-corrected chi connectivity index (χ4v) is 3.21. The van der Waals surface area contributed by atoms with Crippen LogP contribution in [-0.4, -0.2) is 37.6 Å². The number of anilines is 1. The Kier molecular flexibility index (Phi) is 4.11. The molecule has 1 aromatic rings. The zero-order valence-electron chi connectivity index (χ0n) is 12.4. The van der Waals surface area contributed by atoms with Gasteiger partial charge in [0.05, 0.1) is 18.5 Å². The average molecular weight is 257 g/mol. The minimum atomic E-state index is 0.309. The summed E-state index contributed by atoms with van der Waals surface area (Å²) < 4.78 is 0.